The van der Waals surface area contributed by atoms with Crippen LogP contribution in [0.4, 0.5) is 0 Å². The number of ether oxygens (including phenoxy) is 1. The van der Waals surface area contributed by atoms with Gasteiger partial charge in [-0.05, 0) is 37.1 Å². The third-order valence-electron chi connectivity index (χ3n) is 4.12. The summed E-state index contributed by atoms with van der Waals surface area (Å²) >= 11 is 0. The molecule has 24 heavy (non-hydrogen) atoms. The SMILES string of the molecule is CN(C)C(=O)c1ccc(C(=O)NC2(CC(=O)O)CCOCC2)cc1. The second-order valence-corrected chi connectivity index (χ2v) is 6.19. The van der Waals surface area contributed by atoms with Gasteiger partial charge in [0.1, 0.15) is 0 Å². The number of benzene rings is 1. The molecular weight excluding hydrogens is 312 g/mol. The zero-order valence-corrected chi connectivity index (χ0v) is 13.9. The highest BCUT2D eigenvalue weighted by Crippen LogP contribution is 2.25. The molecule has 1 fully saturated rings. The quantitative estimate of drug-likeness (QED) is 0.842. The van der Waals surface area contributed by atoms with E-state index in [2.05, 4.69) is 5.32 Å². The van der Waals surface area contributed by atoms with Crippen LogP contribution < -0.4 is 5.32 Å². The van der Waals surface area contributed by atoms with Gasteiger partial charge in [-0.1, -0.05) is 0 Å². The first-order chi connectivity index (χ1) is 11.3. The number of hydrogen-bond acceptors (Lipinski definition) is 4. The summed E-state index contributed by atoms with van der Waals surface area (Å²) in [4.78, 5) is 36.9. The Balaban J connectivity index is 2.12. The van der Waals surface area contributed by atoms with Crippen LogP contribution in [-0.4, -0.2) is 60.6 Å². The minimum atomic E-state index is -0.955. The second kappa shape index (κ2) is 7.44. The van der Waals surface area contributed by atoms with Crippen molar-refractivity contribution in [2.45, 2.75) is 24.8 Å². The topological polar surface area (TPSA) is 95.9 Å². The van der Waals surface area contributed by atoms with E-state index >= 15 is 0 Å². The summed E-state index contributed by atoms with van der Waals surface area (Å²) in [6.45, 7) is 0.841. The van der Waals surface area contributed by atoms with Crippen molar-refractivity contribution in [2.75, 3.05) is 27.3 Å². The molecule has 2 rings (SSSR count). The molecule has 1 heterocycles. The molecule has 2 amide bonds. The molecule has 0 aromatic heterocycles. The van der Waals surface area contributed by atoms with Crippen LogP contribution in [0.2, 0.25) is 0 Å². The van der Waals surface area contributed by atoms with Crippen molar-refractivity contribution in [1.29, 1.82) is 0 Å². The number of carbonyl (C=O) groups excluding carboxylic acids is 2. The van der Waals surface area contributed by atoms with E-state index in [0.29, 0.717) is 37.2 Å². The molecule has 1 aromatic carbocycles. The van der Waals surface area contributed by atoms with Crippen molar-refractivity contribution in [3.05, 3.63) is 35.4 Å². The third-order valence-corrected chi connectivity index (χ3v) is 4.12. The summed E-state index contributed by atoms with van der Waals surface area (Å²) in [5.41, 5.74) is 0.0867. The zero-order chi connectivity index (χ0) is 17.7. The Kier molecular flexibility index (Phi) is 5.56. The highest BCUT2D eigenvalue weighted by molar-refractivity contribution is 5.98. The van der Waals surface area contributed by atoms with E-state index in [0.717, 1.165) is 0 Å². The Morgan fingerprint density at radius 2 is 1.67 bits per heavy atom. The molecule has 0 spiro atoms. The van der Waals surface area contributed by atoms with Gasteiger partial charge in [-0.3, -0.25) is 14.4 Å². The lowest BCUT2D eigenvalue weighted by atomic mass is 9.86. The maximum Gasteiger partial charge on any atom is 0.305 e. The average molecular weight is 334 g/mol. The van der Waals surface area contributed by atoms with Gasteiger partial charge in [0.15, 0.2) is 0 Å². The first kappa shape index (κ1) is 17.9. The maximum absolute atomic E-state index is 12.5. The molecule has 0 saturated carbocycles. The Hall–Kier alpha value is -2.41. The Labute approximate surface area is 140 Å². The Bertz CT molecular complexity index is 618. The van der Waals surface area contributed by atoms with Crippen molar-refractivity contribution in [3.8, 4) is 0 Å². The molecule has 2 N–H and O–H groups in total. The Morgan fingerprint density at radius 3 is 2.17 bits per heavy atom. The third kappa shape index (κ3) is 4.32. The highest BCUT2D eigenvalue weighted by Gasteiger charge is 2.36. The van der Waals surface area contributed by atoms with E-state index in [9.17, 15) is 14.4 Å². The number of aliphatic carboxylic acids is 1. The molecule has 7 heteroatoms. The number of hydrogen-bond donors (Lipinski definition) is 2. The minimum absolute atomic E-state index is 0.140. The fourth-order valence-electron chi connectivity index (χ4n) is 2.73. The highest BCUT2D eigenvalue weighted by atomic mass is 16.5. The molecule has 1 saturated heterocycles. The number of nitrogens with one attached hydrogen (secondary N) is 1. The number of nitrogens with zero attached hydrogens (tertiary/aromatic N) is 1. The fraction of sp³-hybridized carbons (Fsp3) is 0.471. The van der Waals surface area contributed by atoms with Crippen LogP contribution in [0, 0.1) is 0 Å². The molecule has 7 nitrogen and oxygen atoms in total. The molecule has 1 aliphatic rings. The Morgan fingerprint density at radius 1 is 1.12 bits per heavy atom. The number of carbonyl (C=O) groups is 3. The summed E-state index contributed by atoms with van der Waals surface area (Å²) in [5, 5.41) is 12.0. The van der Waals surface area contributed by atoms with Crippen LogP contribution in [0.25, 0.3) is 0 Å². The number of carboxylic acids is 1. The van der Waals surface area contributed by atoms with Crippen molar-refractivity contribution >= 4 is 17.8 Å². The van der Waals surface area contributed by atoms with Crippen molar-refractivity contribution in [2.24, 2.45) is 0 Å². The average Bonchev–Trinajstić information content (AvgIpc) is 2.54. The lowest BCUT2D eigenvalue weighted by Gasteiger charge is -2.36. The smallest absolute Gasteiger partial charge is 0.305 e. The van der Waals surface area contributed by atoms with E-state index in [1.54, 1.807) is 38.4 Å². The number of rotatable bonds is 5. The monoisotopic (exact) mass is 334 g/mol. The van der Waals surface area contributed by atoms with E-state index in [1.165, 1.54) is 4.90 Å². The predicted molar refractivity (Wildman–Crippen MR) is 87.0 cm³/mol. The van der Waals surface area contributed by atoms with Crippen LogP contribution in [0.1, 0.15) is 40.0 Å². The molecule has 0 unspecified atom stereocenters. The lowest BCUT2D eigenvalue weighted by Crippen LogP contribution is -2.53. The van der Waals surface area contributed by atoms with Gasteiger partial charge in [-0.25, -0.2) is 0 Å². The van der Waals surface area contributed by atoms with Gasteiger partial charge in [0.05, 0.1) is 12.0 Å². The summed E-state index contributed by atoms with van der Waals surface area (Å²) in [7, 11) is 3.31. The maximum atomic E-state index is 12.5. The van der Waals surface area contributed by atoms with E-state index < -0.39 is 11.5 Å². The van der Waals surface area contributed by atoms with Crippen LogP contribution >= 0.6 is 0 Å². The fourth-order valence-corrected chi connectivity index (χ4v) is 2.73. The van der Waals surface area contributed by atoms with E-state index in [4.69, 9.17) is 9.84 Å². The predicted octanol–water partition coefficient (Wildman–Crippen LogP) is 1.14. The first-order valence-electron chi connectivity index (χ1n) is 7.77. The largest absolute Gasteiger partial charge is 0.481 e. The van der Waals surface area contributed by atoms with E-state index in [-0.39, 0.29) is 18.2 Å². The standard InChI is InChI=1S/C17H22N2O5/c1-19(2)16(23)13-5-3-12(4-6-13)15(22)18-17(11-14(20)21)7-9-24-10-8-17/h3-6H,7-11H2,1-2H3,(H,18,22)(H,20,21). The molecule has 1 aromatic rings. The normalized spacial score (nSPS) is 16.2. The zero-order valence-electron chi connectivity index (χ0n) is 13.9. The van der Waals surface area contributed by atoms with Gasteiger partial charge in [0.2, 0.25) is 0 Å². The molecule has 0 atom stereocenters. The van der Waals surface area contributed by atoms with Gasteiger partial charge >= 0.3 is 5.97 Å². The van der Waals surface area contributed by atoms with Gasteiger partial charge in [0, 0.05) is 38.4 Å². The number of amides is 2. The summed E-state index contributed by atoms with van der Waals surface area (Å²) in [5.74, 6) is -1.44. The molecule has 0 radical (unpaired) electrons. The van der Waals surface area contributed by atoms with Gasteiger partial charge < -0.3 is 20.1 Å². The summed E-state index contributed by atoms with van der Waals surface area (Å²) in [6.07, 6.45) is 0.782. The number of carboxylic acid groups (broad SMARTS) is 1. The van der Waals surface area contributed by atoms with Crippen molar-refractivity contribution in [3.63, 3.8) is 0 Å². The molecule has 0 aliphatic carbocycles. The molecule has 1 aliphatic heterocycles. The van der Waals surface area contributed by atoms with Crippen molar-refractivity contribution < 1.29 is 24.2 Å². The van der Waals surface area contributed by atoms with Crippen LogP contribution in [0.15, 0.2) is 24.3 Å². The van der Waals surface area contributed by atoms with Crippen molar-refractivity contribution in [1.82, 2.24) is 10.2 Å². The minimum Gasteiger partial charge on any atom is -0.481 e. The molecule has 0 bridgehead atoms. The van der Waals surface area contributed by atoms with E-state index in [1.807, 2.05) is 0 Å². The van der Waals surface area contributed by atoms with Crippen LogP contribution in [0.3, 0.4) is 0 Å². The van der Waals surface area contributed by atoms with Gasteiger partial charge in [0.25, 0.3) is 11.8 Å². The summed E-state index contributed by atoms with van der Waals surface area (Å²) < 4.78 is 5.27. The van der Waals surface area contributed by atoms with Crippen LogP contribution in [-0.2, 0) is 9.53 Å². The molecule has 130 valence electrons. The van der Waals surface area contributed by atoms with Gasteiger partial charge in [-0.15, -0.1) is 0 Å². The van der Waals surface area contributed by atoms with Gasteiger partial charge in [-0.2, -0.15) is 0 Å². The van der Waals surface area contributed by atoms with Crippen LogP contribution in [0.5, 0.6) is 0 Å². The molecular formula is C17H22N2O5. The first-order valence-corrected chi connectivity index (χ1v) is 7.77. The summed E-state index contributed by atoms with van der Waals surface area (Å²) in [6, 6.07) is 6.32. The lowest BCUT2D eigenvalue weighted by molar-refractivity contribution is -0.139. The second-order valence-electron chi connectivity index (χ2n) is 6.19.